The summed E-state index contributed by atoms with van der Waals surface area (Å²) in [5.74, 6) is 1.45. The number of carboxylic acid groups (broad SMARTS) is 1. The summed E-state index contributed by atoms with van der Waals surface area (Å²) in [4.78, 5) is 24.8. The lowest BCUT2D eigenvalue weighted by Gasteiger charge is -2.39. The minimum Gasteiger partial charge on any atom is -0.480 e. The second-order valence-corrected chi connectivity index (χ2v) is 9.14. The first-order valence-corrected chi connectivity index (χ1v) is 11.9. The van der Waals surface area contributed by atoms with Crippen LogP contribution >= 0.6 is 11.6 Å². The third kappa shape index (κ3) is 3.92. The molecule has 1 fully saturated rings. The maximum atomic E-state index is 12.4. The van der Waals surface area contributed by atoms with Gasteiger partial charge < -0.3 is 19.7 Å². The zero-order valence-electron chi connectivity index (χ0n) is 18.8. The number of rotatable bonds is 3. The number of aromatic amines is 1. The number of hydrogen-bond acceptors (Lipinski definition) is 5. The van der Waals surface area contributed by atoms with E-state index >= 15 is 0 Å². The highest BCUT2D eigenvalue weighted by Crippen LogP contribution is 2.38. The minimum absolute atomic E-state index is 0.577. The van der Waals surface area contributed by atoms with Crippen LogP contribution in [-0.4, -0.2) is 57.9 Å². The van der Waals surface area contributed by atoms with Crippen LogP contribution in [0.4, 0.5) is 5.69 Å². The largest absolute Gasteiger partial charge is 0.480 e. The zero-order chi connectivity index (χ0) is 23.9. The van der Waals surface area contributed by atoms with Crippen molar-refractivity contribution in [1.82, 2.24) is 14.8 Å². The van der Waals surface area contributed by atoms with Crippen LogP contribution in [0.1, 0.15) is 17.2 Å². The Labute approximate surface area is 207 Å². The van der Waals surface area contributed by atoms with E-state index in [2.05, 4.69) is 9.88 Å². The lowest BCUT2D eigenvalue weighted by atomic mass is 10.0. The van der Waals surface area contributed by atoms with Gasteiger partial charge in [-0.05, 0) is 42.5 Å². The van der Waals surface area contributed by atoms with Crippen molar-refractivity contribution in [3.8, 4) is 11.5 Å². The van der Waals surface area contributed by atoms with Gasteiger partial charge in [0.25, 0.3) is 0 Å². The number of nitrogens with one attached hydrogen (secondary N) is 1. The number of nitrogens with zero attached hydrogens (tertiary/aromatic N) is 3. The third-order valence-corrected chi connectivity index (χ3v) is 6.86. The van der Waals surface area contributed by atoms with Gasteiger partial charge in [-0.3, -0.25) is 9.69 Å². The summed E-state index contributed by atoms with van der Waals surface area (Å²) >= 11 is 6.21. The van der Waals surface area contributed by atoms with Crippen LogP contribution in [0.5, 0.6) is 11.5 Å². The van der Waals surface area contributed by atoms with Gasteiger partial charge in [-0.2, -0.15) is 0 Å². The highest BCUT2D eigenvalue weighted by atomic mass is 35.5. The number of fused-ring (bicyclic) bond motifs is 3. The van der Waals surface area contributed by atoms with E-state index in [1.54, 1.807) is 12.3 Å². The van der Waals surface area contributed by atoms with Crippen molar-refractivity contribution in [1.29, 1.82) is 0 Å². The fourth-order valence-corrected chi connectivity index (χ4v) is 5.10. The first-order valence-electron chi connectivity index (χ1n) is 11.5. The number of benzene rings is 3. The van der Waals surface area contributed by atoms with Crippen molar-refractivity contribution in [2.75, 3.05) is 26.2 Å². The van der Waals surface area contributed by atoms with E-state index in [1.807, 2.05) is 65.6 Å². The smallest absolute Gasteiger partial charge is 0.325 e. The lowest BCUT2D eigenvalue weighted by Crippen LogP contribution is -2.51. The summed E-state index contributed by atoms with van der Waals surface area (Å²) in [5.41, 5.74) is 3.30. The van der Waals surface area contributed by atoms with Crippen LogP contribution in [0.15, 0.2) is 77.9 Å². The molecule has 7 nitrogen and oxygen atoms in total. The molecule has 1 unspecified atom stereocenters. The van der Waals surface area contributed by atoms with Gasteiger partial charge in [0.1, 0.15) is 23.3 Å². The minimum atomic E-state index is -0.876. The maximum Gasteiger partial charge on any atom is 0.325 e. The molecule has 1 atom stereocenters. The quantitative estimate of drug-likeness (QED) is 0.402. The van der Waals surface area contributed by atoms with E-state index in [0.29, 0.717) is 31.2 Å². The van der Waals surface area contributed by atoms with Crippen molar-refractivity contribution in [3.05, 3.63) is 89.1 Å². The van der Waals surface area contributed by atoms with E-state index in [-0.39, 0.29) is 0 Å². The number of piperazine rings is 1. The van der Waals surface area contributed by atoms with Crippen LogP contribution in [0.2, 0.25) is 5.02 Å². The summed E-state index contributed by atoms with van der Waals surface area (Å²) < 4.78 is 6.17. The van der Waals surface area contributed by atoms with Gasteiger partial charge in [0.2, 0.25) is 0 Å². The molecule has 0 amide bonds. The molecule has 4 aromatic rings. The van der Waals surface area contributed by atoms with Gasteiger partial charge in [-0.1, -0.05) is 35.9 Å². The van der Waals surface area contributed by atoms with Gasteiger partial charge in [-0.25, -0.2) is 4.99 Å². The average molecular weight is 487 g/mol. The third-order valence-electron chi connectivity index (χ3n) is 6.62. The SMILES string of the molecule is O=C(O)C(c1c[nH]c2ccc(Cl)cc12)N1CCN(C2=Nc3ccccc3Oc3ccccc32)CC1. The first kappa shape index (κ1) is 21.7. The van der Waals surface area contributed by atoms with Crippen LogP contribution in [0, 0.1) is 0 Å². The number of halogens is 1. The molecule has 176 valence electrons. The molecule has 3 aromatic carbocycles. The molecule has 0 saturated carbocycles. The molecule has 2 aliphatic heterocycles. The van der Waals surface area contributed by atoms with Gasteiger partial charge in [0.15, 0.2) is 5.75 Å². The van der Waals surface area contributed by atoms with Gasteiger partial charge in [0, 0.05) is 53.9 Å². The van der Waals surface area contributed by atoms with Crippen LogP contribution in [0.25, 0.3) is 10.9 Å². The number of carbonyl (C=O) groups is 1. The molecule has 0 bridgehead atoms. The number of hydrogen-bond donors (Lipinski definition) is 2. The monoisotopic (exact) mass is 486 g/mol. The van der Waals surface area contributed by atoms with E-state index in [1.165, 1.54) is 0 Å². The lowest BCUT2D eigenvalue weighted by molar-refractivity contribution is -0.144. The Balaban J connectivity index is 1.30. The number of aliphatic carboxylic acids is 1. The van der Waals surface area contributed by atoms with E-state index in [4.69, 9.17) is 21.3 Å². The second kappa shape index (κ2) is 8.76. The highest BCUT2D eigenvalue weighted by molar-refractivity contribution is 6.31. The van der Waals surface area contributed by atoms with Crippen molar-refractivity contribution < 1.29 is 14.6 Å². The number of H-pyrrole nitrogens is 1. The van der Waals surface area contributed by atoms with Crippen molar-refractivity contribution in [2.24, 2.45) is 4.99 Å². The highest BCUT2D eigenvalue weighted by Gasteiger charge is 2.34. The number of amidine groups is 1. The van der Waals surface area contributed by atoms with Gasteiger partial charge in [-0.15, -0.1) is 0 Å². The number of aliphatic imine (C=N–C) groups is 1. The van der Waals surface area contributed by atoms with Crippen molar-refractivity contribution in [2.45, 2.75) is 6.04 Å². The molecule has 0 radical (unpaired) electrons. The molecule has 0 aliphatic carbocycles. The Hall–Kier alpha value is -3.81. The molecule has 1 saturated heterocycles. The topological polar surface area (TPSA) is 81.2 Å². The molecule has 0 spiro atoms. The Bertz CT molecular complexity index is 1460. The summed E-state index contributed by atoms with van der Waals surface area (Å²) in [6.45, 7) is 2.44. The Morgan fingerprint density at radius 2 is 1.74 bits per heavy atom. The Kier molecular flexibility index (Phi) is 5.43. The molecule has 1 aromatic heterocycles. The number of ether oxygens (including phenoxy) is 1. The van der Waals surface area contributed by atoms with E-state index < -0.39 is 12.0 Å². The Morgan fingerprint density at radius 1 is 1.00 bits per heavy atom. The zero-order valence-corrected chi connectivity index (χ0v) is 19.6. The van der Waals surface area contributed by atoms with Crippen LogP contribution in [-0.2, 0) is 4.79 Å². The summed E-state index contributed by atoms with van der Waals surface area (Å²) in [5, 5.41) is 11.6. The van der Waals surface area contributed by atoms with Crippen LogP contribution in [0.3, 0.4) is 0 Å². The fraction of sp³-hybridized carbons (Fsp3) is 0.185. The molecule has 6 rings (SSSR count). The summed E-state index contributed by atoms with van der Waals surface area (Å²) in [6, 6.07) is 20.4. The molecular weight excluding hydrogens is 464 g/mol. The number of para-hydroxylation sites is 3. The standard InChI is InChI=1S/C27H23ClN4O3/c28-17-9-10-21-19(15-17)20(16-29-21)25(27(33)34)31-11-13-32(14-12-31)26-18-5-1-3-7-23(18)35-24-8-4-2-6-22(24)30-26/h1-10,15-16,25,29H,11-14H2,(H,33,34). The number of carboxylic acids is 1. The summed E-state index contributed by atoms with van der Waals surface area (Å²) in [7, 11) is 0. The van der Waals surface area contributed by atoms with Gasteiger partial charge in [0.05, 0.1) is 5.56 Å². The average Bonchev–Trinajstić information content (AvgIpc) is 3.18. The first-order chi connectivity index (χ1) is 17.1. The van der Waals surface area contributed by atoms with Crippen LogP contribution < -0.4 is 4.74 Å². The Morgan fingerprint density at radius 3 is 2.54 bits per heavy atom. The van der Waals surface area contributed by atoms with Crippen molar-refractivity contribution >= 4 is 40.0 Å². The molecule has 2 N–H and O–H groups in total. The molecule has 2 aliphatic rings. The normalized spacial score (nSPS) is 16.6. The summed E-state index contributed by atoms with van der Waals surface area (Å²) in [6.07, 6.45) is 1.78. The molecule has 8 heteroatoms. The number of aromatic nitrogens is 1. The molecule has 3 heterocycles. The van der Waals surface area contributed by atoms with Crippen molar-refractivity contribution in [3.63, 3.8) is 0 Å². The molecule has 35 heavy (non-hydrogen) atoms. The second-order valence-electron chi connectivity index (χ2n) is 8.70. The predicted octanol–water partition coefficient (Wildman–Crippen LogP) is 5.45. The van der Waals surface area contributed by atoms with Gasteiger partial charge >= 0.3 is 5.97 Å². The fourth-order valence-electron chi connectivity index (χ4n) is 4.93. The molecular formula is C27H23ClN4O3. The maximum absolute atomic E-state index is 12.4. The van der Waals surface area contributed by atoms with E-state index in [0.717, 1.165) is 45.1 Å². The van der Waals surface area contributed by atoms with E-state index in [9.17, 15) is 9.90 Å². The predicted molar refractivity (Wildman–Crippen MR) is 136 cm³/mol.